The van der Waals surface area contributed by atoms with Gasteiger partial charge in [0, 0.05) is 18.4 Å². The molecule has 0 spiro atoms. The van der Waals surface area contributed by atoms with E-state index in [1.165, 1.54) is 0 Å². The second-order valence-corrected chi connectivity index (χ2v) is 6.60. The Labute approximate surface area is 117 Å². The Hall–Kier alpha value is -0.370. The molecular weight excluding hydrogens is 277 g/mol. The van der Waals surface area contributed by atoms with Crippen molar-refractivity contribution in [1.82, 2.24) is 0 Å². The molecule has 1 aliphatic rings. The van der Waals surface area contributed by atoms with Gasteiger partial charge in [0.05, 0.1) is 5.41 Å². The zero-order chi connectivity index (χ0) is 12.7. The number of nitrogens with zero attached hydrogens (tertiary/aromatic N) is 1. The van der Waals surface area contributed by atoms with Crippen LogP contribution in [0.25, 0.3) is 0 Å². The monoisotopic (exact) mass is 289 g/mol. The fraction of sp³-hybridized carbons (Fsp3) is 0.385. The fourth-order valence-corrected chi connectivity index (χ4v) is 2.59. The number of rotatable bonds is 1. The predicted molar refractivity (Wildman–Crippen MR) is 76.2 cm³/mol. The fourth-order valence-electron chi connectivity index (χ4n) is 2.10. The van der Waals surface area contributed by atoms with Crippen molar-refractivity contribution in [2.45, 2.75) is 23.1 Å². The van der Waals surface area contributed by atoms with Crippen LogP contribution in [0.15, 0.2) is 36.5 Å². The molecule has 1 aromatic rings. The van der Waals surface area contributed by atoms with E-state index in [4.69, 9.17) is 34.8 Å². The molecule has 1 aliphatic heterocycles. The van der Waals surface area contributed by atoms with Crippen LogP contribution in [-0.2, 0) is 5.41 Å². The van der Waals surface area contributed by atoms with E-state index in [0.29, 0.717) is 0 Å². The van der Waals surface area contributed by atoms with Crippen LogP contribution in [0.2, 0.25) is 0 Å². The quantitative estimate of drug-likeness (QED) is 0.680. The first-order chi connectivity index (χ1) is 7.90. The molecule has 1 aromatic carbocycles. The average Bonchev–Trinajstić information content (AvgIpc) is 2.28. The molecule has 0 saturated carbocycles. The standard InChI is InChI=1S/C13H14Cl3N/c1-3-17-9-8-12(2,13(14,15)16)10-6-4-5-7-11(10)17/h4-9H,3H2,1-2H3. The first-order valence-electron chi connectivity index (χ1n) is 5.52. The van der Waals surface area contributed by atoms with Crippen molar-refractivity contribution in [3.05, 3.63) is 42.1 Å². The molecule has 1 nitrogen and oxygen atoms in total. The molecule has 1 unspecified atom stereocenters. The Balaban J connectivity index is 2.61. The highest BCUT2D eigenvalue weighted by Gasteiger charge is 2.46. The summed E-state index contributed by atoms with van der Waals surface area (Å²) in [6.07, 6.45) is 3.95. The van der Waals surface area contributed by atoms with Crippen LogP contribution in [0, 0.1) is 0 Å². The van der Waals surface area contributed by atoms with Crippen molar-refractivity contribution in [2.75, 3.05) is 11.4 Å². The molecule has 0 aromatic heterocycles. The number of hydrogen-bond donors (Lipinski definition) is 0. The van der Waals surface area contributed by atoms with Crippen LogP contribution in [-0.4, -0.2) is 10.3 Å². The van der Waals surface area contributed by atoms with Crippen LogP contribution in [0.1, 0.15) is 19.4 Å². The van der Waals surface area contributed by atoms with Crippen LogP contribution < -0.4 is 4.90 Å². The van der Waals surface area contributed by atoms with Gasteiger partial charge in [-0.2, -0.15) is 0 Å². The molecule has 0 fully saturated rings. The number of anilines is 1. The summed E-state index contributed by atoms with van der Waals surface area (Å²) in [4.78, 5) is 2.15. The third-order valence-corrected chi connectivity index (χ3v) is 4.47. The summed E-state index contributed by atoms with van der Waals surface area (Å²) in [6.45, 7) is 4.94. The normalized spacial score (nSPS) is 23.7. The Kier molecular flexibility index (Phi) is 3.37. The smallest absolute Gasteiger partial charge is 0.203 e. The van der Waals surface area contributed by atoms with Gasteiger partial charge >= 0.3 is 0 Å². The summed E-state index contributed by atoms with van der Waals surface area (Å²) >= 11 is 18.4. The second kappa shape index (κ2) is 4.38. The third kappa shape index (κ3) is 2.05. The highest BCUT2D eigenvalue weighted by Crippen LogP contribution is 2.51. The molecule has 0 N–H and O–H groups in total. The van der Waals surface area contributed by atoms with Gasteiger partial charge in [-0.1, -0.05) is 59.1 Å². The maximum Gasteiger partial charge on any atom is 0.203 e. The van der Waals surface area contributed by atoms with Gasteiger partial charge in [-0.05, 0) is 25.5 Å². The Morgan fingerprint density at radius 2 is 1.88 bits per heavy atom. The van der Waals surface area contributed by atoms with Gasteiger partial charge in [-0.25, -0.2) is 0 Å². The van der Waals surface area contributed by atoms with Gasteiger partial charge in [0.2, 0.25) is 3.79 Å². The van der Waals surface area contributed by atoms with E-state index in [0.717, 1.165) is 17.8 Å². The molecule has 0 radical (unpaired) electrons. The number of benzene rings is 1. The van der Waals surface area contributed by atoms with Gasteiger partial charge in [0.1, 0.15) is 0 Å². The number of para-hydroxylation sites is 1. The second-order valence-electron chi connectivity index (χ2n) is 4.32. The molecule has 2 rings (SSSR count). The van der Waals surface area contributed by atoms with Gasteiger partial charge in [0.25, 0.3) is 0 Å². The van der Waals surface area contributed by atoms with Crippen molar-refractivity contribution in [3.8, 4) is 0 Å². The SMILES string of the molecule is CCN1C=CC(C)(C(Cl)(Cl)Cl)c2ccccc21. The molecule has 1 heterocycles. The minimum atomic E-state index is -1.36. The van der Waals surface area contributed by atoms with Crippen LogP contribution in [0.4, 0.5) is 5.69 Å². The van der Waals surface area contributed by atoms with E-state index < -0.39 is 9.21 Å². The summed E-state index contributed by atoms with van der Waals surface area (Å²) in [5.41, 5.74) is 1.55. The highest BCUT2D eigenvalue weighted by molar-refractivity contribution is 6.68. The van der Waals surface area contributed by atoms with E-state index in [1.807, 2.05) is 37.4 Å². The van der Waals surface area contributed by atoms with Crippen LogP contribution >= 0.6 is 34.8 Å². The molecule has 0 bridgehead atoms. The number of alkyl halides is 3. The molecule has 0 saturated heterocycles. The highest BCUT2D eigenvalue weighted by atomic mass is 35.6. The number of allylic oxidation sites excluding steroid dienone is 1. The Morgan fingerprint density at radius 1 is 1.24 bits per heavy atom. The van der Waals surface area contributed by atoms with Gasteiger partial charge in [0.15, 0.2) is 0 Å². The summed E-state index contributed by atoms with van der Waals surface area (Å²) < 4.78 is -1.36. The lowest BCUT2D eigenvalue weighted by atomic mass is 9.80. The average molecular weight is 291 g/mol. The topological polar surface area (TPSA) is 3.24 Å². The van der Waals surface area contributed by atoms with E-state index >= 15 is 0 Å². The number of fused-ring (bicyclic) bond motifs is 1. The zero-order valence-corrected chi connectivity index (χ0v) is 12.0. The summed E-state index contributed by atoms with van der Waals surface area (Å²) in [6, 6.07) is 8.04. The van der Waals surface area contributed by atoms with E-state index in [2.05, 4.69) is 17.9 Å². The molecule has 92 valence electrons. The van der Waals surface area contributed by atoms with E-state index in [1.54, 1.807) is 0 Å². The molecule has 1 atom stereocenters. The van der Waals surface area contributed by atoms with Crippen LogP contribution in [0.3, 0.4) is 0 Å². The summed E-state index contributed by atoms with van der Waals surface area (Å²) in [5.74, 6) is 0. The first kappa shape index (κ1) is 13.1. The van der Waals surface area contributed by atoms with Gasteiger partial charge in [-0.15, -0.1) is 0 Å². The maximum absolute atomic E-state index is 6.13. The molecular formula is C13H14Cl3N. The Morgan fingerprint density at radius 3 is 2.47 bits per heavy atom. The van der Waals surface area contributed by atoms with Crippen molar-refractivity contribution in [2.24, 2.45) is 0 Å². The third-order valence-electron chi connectivity index (χ3n) is 3.29. The molecule has 4 heteroatoms. The largest absolute Gasteiger partial charge is 0.348 e. The van der Waals surface area contributed by atoms with E-state index in [-0.39, 0.29) is 0 Å². The number of hydrogen-bond acceptors (Lipinski definition) is 1. The van der Waals surface area contributed by atoms with Crippen molar-refractivity contribution >= 4 is 40.5 Å². The van der Waals surface area contributed by atoms with Crippen molar-refractivity contribution in [3.63, 3.8) is 0 Å². The van der Waals surface area contributed by atoms with Crippen molar-refractivity contribution in [1.29, 1.82) is 0 Å². The molecule has 0 aliphatic carbocycles. The Bertz CT molecular complexity index is 450. The number of halogens is 3. The zero-order valence-electron chi connectivity index (χ0n) is 9.75. The lowest BCUT2D eigenvalue weighted by Crippen LogP contribution is -2.39. The lowest BCUT2D eigenvalue weighted by Gasteiger charge is -2.40. The predicted octanol–water partition coefficient (Wildman–Crippen LogP) is 4.67. The van der Waals surface area contributed by atoms with E-state index in [9.17, 15) is 0 Å². The van der Waals surface area contributed by atoms with Gasteiger partial charge < -0.3 is 4.90 Å². The minimum absolute atomic E-state index is 0.597. The molecule has 0 amide bonds. The minimum Gasteiger partial charge on any atom is -0.348 e. The first-order valence-corrected chi connectivity index (χ1v) is 6.66. The molecule has 17 heavy (non-hydrogen) atoms. The van der Waals surface area contributed by atoms with Crippen molar-refractivity contribution < 1.29 is 0 Å². The maximum atomic E-state index is 6.13. The summed E-state index contributed by atoms with van der Waals surface area (Å²) in [7, 11) is 0. The lowest BCUT2D eigenvalue weighted by molar-refractivity contribution is 0.597. The van der Waals surface area contributed by atoms with Crippen LogP contribution in [0.5, 0.6) is 0 Å². The van der Waals surface area contributed by atoms with Gasteiger partial charge in [-0.3, -0.25) is 0 Å². The summed E-state index contributed by atoms with van der Waals surface area (Å²) in [5, 5.41) is 0.